The molecule has 1 spiro atoms. The second kappa shape index (κ2) is 9.72. The summed E-state index contributed by atoms with van der Waals surface area (Å²) in [6, 6.07) is 7.84. The molecule has 8 heteroatoms. The number of para-hydroxylation sites is 1. The van der Waals surface area contributed by atoms with Crippen molar-refractivity contribution in [3.05, 3.63) is 54.6 Å². The zero-order valence-corrected chi connectivity index (χ0v) is 22.0. The van der Waals surface area contributed by atoms with Crippen molar-refractivity contribution in [1.29, 1.82) is 0 Å². The van der Waals surface area contributed by atoms with E-state index in [9.17, 15) is 19.5 Å². The van der Waals surface area contributed by atoms with E-state index in [4.69, 9.17) is 4.74 Å². The van der Waals surface area contributed by atoms with Gasteiger partial charge < -0.3 is 24.5 Å². The molecule has 0 radical (unpaired) electrons. The smallest absolute Gasteiger partial charge is 0.249 e. The third-order valence-corrected chi connectivity index (χ3v) is 8.17. The summed E-state index contributed by atoms with van der Waals surface area (Å²) in [5.74, 6) is -2.13. The standard InChI is InChI=1S/C29H37N3O5/c1-18(2)16-21(17-33)32-25-28(36)30(19(3)4)15-9-13-29(25)24(27(32)35)23-22(37-29)12-8-14-31(26(23)34)20-10-6-5-7-11-20/h5-13,18-19,21-25,33H,14-17H2,1-4H3/t21-,22+,23-,24+,25?,29+/m1/s1. The van der Waals surface area contributed by atoms with E-state index in [2.05, 4.69) is 0 Å². The molecule has 0 bridgehead atoms. The van der Waals surface area contributed by atoms with E-state index in [-0.39, 0.29) is 36.3 Å². The van der Waals surface area contributed by atoms with E-state index in [1.54, 1.807) is 14.7 Å². The third kappa shape index (κ3) is 4.01. The van der Waals surface area contributed by atoms with Gasteiger partial charge in [-0.3, -0.25) is 14.4 Å². The van der Waals surface area contributed by atoms with Gasteiger partial charge >= 0.3 is 0 Å². The number of likely N-dealkylation sites (tertiary alicyclic amines) is 1. The number of fused-ring (bicyclic) bond motifs is 2. The second-order valence-corrected chi connectivity index (χ2v) is 11.3. The summed E-state index contributed by atoms with van der Waals surface area (Å²) in [5, 5.41) is 10.4. The highest BCUT2D eigenvalue weighted by Gasteiger charge is 2.72. The Morgan fingerprint density at radius 3 is 2.38 bits per heavy atom. The van der Waals surface area contributed by atoms with Crippen LogP contribution in [0.3, 0.4) is 0 Å². The minimum Gasteiger partial charge on any atom is -0.394 e. The summed E-state index contributed by atoms with van der Waals surface area (Å²) in [6.07, 6.45) is 7.44. The number of anilines is 1. The van der Waals surface area contributed by atoms with Crippen LogP contribution in [0, 0.1) is 17.8 Å². The number of carbonyl (C=O) groups is 3. The maximum atomic E-state index is 14.4. The Morgan fingerprint density at radius 1 is 1.00 bits per heavy atom. The lowest BCUT2D eigenvalue weighted by molar-refractivity contribution is -0.151. The molecule has 0 aromatic heterocycles. The normalized spacial score (nSPS) is 32.1. The van der Waals surface area contributed by atoms with Gasteiger partial charge in [0.05, 0.1) is 30.6 Å². The number of hydrogen-bond acceptors (Lipinski definition) is 5. The molecule has 3 amide bonds. The number of aliphatic hydroxyl groups is 1. The maximum absolute atomic E-state index is 14.4. The van der Waals surface area contributed by atoms with Crippen LogP contribution in [0.1, 0.15) is 34.1 Å². The highest BCUT2D eigenvalue weighted by Crippen LogP contribution is 2.54. The van der Waals surface area contributed by atoms with Crippen molar-refractivity contribution in [2.24, 2.45) is 17.8 Å². The fraction of sp³-hybridized carbons (Fsp3) is 0.552. The number of amides is 3. The topological polar surface area (TPSA) is 90.4 Å². The van der Waals surface area contributed by atoms with Crippen molar-refractivity contribution in [3.63, 3.8) is 0 Å². The van der Waals surface area contributed by atoms with E-state index in [1.807, 2.05) is 82.3 Å². The quantitative estimate of drug-likeness (QED) is 0.597. The molecule has 2 saturated heterocycles. The highest BCUT2D eigenvalue weighted by atomic mass is 16.5. The minimum atomic E-state index is -1.28. The average molecular weight is 508 g/mol. The van der Waals surface area contributed by atoms with Crippen molar-refractivity contribution < 1.29 is 24.2 Å². The molecule has 2 fully saturated rings. The Hall–Kier alpha value is -2.97. The molecule has 4 heterocycles. The van der Waals surface area contributed by atoms with Crippen molar-refractivity contribution in [3.8, 4) is 0 Å². The molecule has 5 rings (SSSR count). The van der Waals surface area contributed by atoms with Gasteiger partial charge in [-0.25, -0.2) is 0 Å². The SMILES string of the molecule is CC(C)C[C@H](CO)N1C(=O)[C@@H]2[C@@H]3C(=O)N(c4ccccc4)CC=C[C@@H]3O[C@@]23C=CCN(C(C)C)C(=O)C13. The van der Waals surface area contributed by atoms with Crippen molar-refractivity contribution in [1.82, 2.24) is 9.80 Å². The molecule has 6 atom stereocenters. The van der Waals surface area contributed by atoms with Crippen LogP contribution < -0.4 is 4.90 Å². The van der Waals surface area contributed by atoms with Crippen molar-refractivity contribution in [2.45, 2.75) is 63.9 Å². The van der Waals surface area contributed by atoms with Gasteiger partial charge in [0.15, 0.2) is 0 Å². The molecule has 4 aliphatic rings. The Balaban J connectivity index is 1.63. The predicted octanol–water partition coefficient (Wildman–Crippen LogP) is 2.38. The molecule has 1 aromatic carbocycles. The van der Waals surface area contributed by atoms with Crippen LogP contribution in [0.15, 0.2) is 54.6 Å². The van der Waals surface area contributed by atoms with E-state index in [0.29, 0.717) is 19.5 Å². The number of rotatable bonds is 6. The molecular weight excluding hydrogens is 470 g/mol. The highest BCUT2D eigenvalue weighted by molar-refractivity contribution is 6.04. The Bertz CT molecular complexity index is 1120. The van der Waals surface area contributed by atoms with Gasteiger partial charge in [-0.2, -0.15) is 0 Å². The van der Waals surface area contributed by atoms with E-state index < -0.39 is 35.6 Å². The maximum Gasteiger partial charge on any atom is 0.249 e. The molecule has 1 N–H and O–H groups in total. The second-order valence-electron chi connectivity index (χ2n) is 11.3. The van der Waals surface area contributed by atoms with Gasteiger partial charge in [0.1, 0.15) is 11.6 Å². The lowest BCUT2D eigenvalue weighted by atomic mass is 9.77. The lowest BCUT2D eigenvalue weighted by Gasteiger charge is -2.39. The first-order chi connectivity index (χ1) is 17.7. The number of nitrogens with zero attached hydrogens (tertiary/aromatic N) is 3. The lowest BCUT2D eigenvalue weighted by Crippen LogP contribution is -2.59. The van der Waals surface area contributed by atoms with E-state index >= 15 is 0 Å². The van der Waals surface area contributed by atoms with Gasteiger partial charge in [0.25, 0.3) is 0 Å². The molecular formula is C29H37N3O5. The first kappa shape index (κ1) is 25.7. The van der Waals surface area contributed by atoms with Crippen LogP contribution in [0.2, 0.25) is 0 Å². The monoisotopic (exact) mass is 507 g/mol. The van der Waals surface area contributed by atoms with E-state index in [0.717, 1.165) is 5.69 Å². The van der Waals surface area contributed by atoms with Gasteiger partial charge in [-0.15, -0.1) is 0 Å². The summed E-state index contributed by atoms with van der Waals surface area (Å²) in [7, 11) is 0. The van der Waals surface area contributed by atoms with Crippen LogP contribution >= 0.6 is 0 Å². The molecule has 1 unspecified atom stereocenters. The fourth-order valence-corrected chi connectivity index (χ4v) is 6.61. The number of carbonyl (C=O) groups excluding carboxylic acids is 3. The molecule has 8 nitrogen and oxygen atoms in total. The van der Waals surface area contributed by atoms with E-state index in [1.165, 1.54) is 0 Å². The number of aliphatic hydroxyl groups excluding tert-OH is 1. The Morgan fingerprint density at radius 2 is 1.73 bits per heavy atom. The van der Waals surface area contributed by atoms with Crippen LogP contribution in [0.25, 0.3) is 0 Å². The Kier molecular flexibility index (Phi) is 6.75. The fourth-order valence-electron chi connectivity index (χ4n) is 6.61. The molecule has 4 aliphatic heterocycles. The summed E-state index contributed by atoms with van der Waals surface area (Å²) < 4.78 is 6.68. The predicted molar refractivity (Wildman–Crippen MR) is 139 cm³/mol. The van der Waals surface area contributed by atoms with Crippen molar-refractivity contribution >= 4 is 23.4 Å². The summed E-state index contributed by atoms with van der Waals surface area (Å²) in [4.78, 5) is 47.6. The average Bonchev–Trinajstić information content (AvgIpc) is 3.18. The van der Waals surface area contributed by atoms with Gasteiger partial charge in [0, 0.05) is 24.8 Å². The zero-order chi connectivity index (χ0) is 26.5. The van der Waals surface area contributed by atoms with Crippen LogP contribution in [0.4, 0.5) is 5.69 Å². The summed E-state index contributed by atoms with van der Waals surface area (Å²) in [5.41, 5.74) is -0.527. The Labute approximate surface area is 218 Å². The van der Waals surface area contributed by atoms with Crippen LogP contribution in [-0.2, 0) is 19.1 Å². The molecule has 198 valence electrons. The van der Waals surface area contributed by atoms with Gasteiger partial charge in [0.2, 0.25) is 17.7 Å². The number of benzene rings is 1. The molecule has 0 aliphatic carbocycles. The number of hydrogen-bond donors (Lipinski definition) is 1. The molecule has 1 aromatic rings. The van der Waals surface area contributed by atoms with Crippen LogP contribution in [0.5, 0.6) is 0 Å². The third-order valence-electron chi connectivity index (χ3n) is 8.17. The van der Waals surface area contributed by atoms with Crippen molar-refractivity contribution in [2.75, 3.05) is 24.6 Å². The summed E-state index contributed by atoms with van der Waals surface area (Å²) in [6.45, 7) is 8.46. The molecule has 37 heavy (non-hydrogen) atoms. The van der Waals surface area contributed by atoms with Gasteiger partial charge in [-0.05, 0) is 38.3 Å². The number of ether oxygens (including phenoxy) is 1. The molecule has 0 saturated carbocycles. The van der Waals surface area contributed by atoms with Crippen LogP contribution in [-0.4, -0.2) is 82.2 Å². The van der Waals surface area contributed by atoms with Gasteiger partial charge in [-0.1, -0.05) is 56.4 Å². The summed E-state index contributed by atoms with van der Waals surface area (Å²) >= 11 is 0. The largest absolute Gasteiger partial charge is 0.394 e. The zero-order valence-electron chi connectivity index (χ0n) is 22.0. The minimum absolute atomic E-state index is 0.0806. The first-order valence-corrected chi connectivity index (χ1v) is 13.3. The first-order valence-electron chi connectivity index (χ1n) is 13.3.